The molecule has 0 aromatic rings. The van der Waals surface area contributed by atoms with Crippen LogP contribution in [0, 0.1) is 5.92 Å². The van der Waals surface area contributed by atoms with Crippen LogP contribution < -0.4 is 5.32 Å². The first-order chi connectivity index (χ1) is 8.58. The lowest BCUT2D eigenvalue weighted by Crippen LogP contribution is -2.48. The molecule has 2 N–H and O–H groups in total. The van der Waals surface area contributed by atoms with Gasteiger partial charge in [-0.05, 0) is 25.2 Å². The number of amides is 2. The number of hydrogen-bond donors (Lipinski definition) is 2. The molecule has 1 aliphatic carbocycles. The molecule has 1 aliphatic rings. The maximum absolute atomic E-state index is 12.0. The molecule has 0 bridgehead atoms. The number of urea groups is 1. The molecule has 1 fully saturated rings. The molecule has 104 valence electrons. The van der Waals surface area contributed by atoms with Crippen LogP contribution in [0.25, 0.3) is 0 Å². The van der Waals surface area contributed by atoms with E-state index in [-0.39, 0.29) is 6.03 Å². The number of carbonyl (C=O) groups excluding carboxylic acids is 1. The maximum atomic E-state index is 12.0. The van der Waals surface area contributed by atoms with E-state index in [1.54, 1.807) is 4.90 Å². The molecule has 0 spiro atoms. The van der Waals surface area contributed by atoms with Gasteiger partial charge in [-0.2, -0.15) is 0 Å². The first kappa shape index (κ1) is 14.8. The van der Waals surface area contributed by atoms with Crippen LogP contribution >= 0.6 is 0 Å². The second-order valence-corrected chi connectivity index (χ2v) is 5.01. The van der Waals surface area contributed by atoms with Gasteiger partial charge in [0, 0.05) is 13.1 Å². The third-order valence-corrected chi connectivity index (χ3v) is 3.14. The van der Waals surface area contributed by atoms with Gasteiger partial charge in [-0.15, -0.1) is 0 Å². The number of carboxylic acid groups (broad SMARTS) is 1. The summed E-state index contributed by atoms with van der Waals surface area (Å²) in [6, 6.07) is -0.979. The lowest BCUT2D eigenvalue weighted by molar-refractivity contribution is -0.139. The van der Waals surface area contributed by atoms with Crippen molar-refractivity contribution in [2.24, 2.45) is 5.92 Å². The zero-order valence-electron chi connectivity index (χ0n) is 11.3. The number of aliphatic carboxylic acids is 1. The van der Waals surface area contributed by atoms with Crippen LogP contribution in [0.3, 0.4) is 0 Å². The highest BCUT2D eigenvalue weighted by Crippen LogP contribution is 2.33. The standard InChI is InChI=1S/C13H24N2O3/c1-3-7-15(8-4-2)13(18)14-11(12(16)17)9-10-5-6-10/h10-11H,3-9H2,1-2H3,(H,14,18)(H,16,17). The third kappa shape index (κ3) is 4.94. The van der Waals surface area contributed by atoms with Gasteiger partial charge in [-0.25, -0.2) is 9.59 Å². The lowest BCUT2D eigenvalue weighted by Gasteiger charge is -2.24. The Morgan fingerprint density at radius 3 is 2.22 bits per heavy atom. The molecule has 5 heteroatoms. The minimum atomic E-state index is -0.928. The Balaban J connectivity index is 2.48. The van der Waals surface area contributed by atoms with Crippen LogP contribution in [0.15, 0.2) is 0 Å². The van der Waals surface area contributed by atoms with Crippen molar-refractivity contribution in [1.29, 1.82) is 0 Å². The predicted molar refractivity (Wildman–Crippen MR) is 69.5 cm³/mol. The summed E-state index contributed by atoms with van der Waals surface area (Å²) in [5, 5.41) is 11.8. The fraction of sp³-hybridized carbons (Fsp3) is 0.846. The first-order valence-electron chi connectivity index (χ1n) is 6.86. The van der Waals surface area contributed by atoms with Crippen molar-refractivity contribution in [1.82, 2.24) is 10.2 Å². The van der Waals surface area contributed by atoms with Gasteiger partial charge in [0.05, 0.1) is 0 Å². The summed E-state index contributed by atoms with van der Waals surface area (Å²) in [4.78, 5) is 24.8. The smallest absolute Gasteiger partial charge is 0.326 e. The summed E-state index contributed by atoms with van der Waals surface area (Å²) < 4.78 is 0. The van der Waals surface area contributed by atoms with E-state index in [1.165, 1.54) is 0 Å². The summed E-state index contributed by atoms with van der Waals surface area (Å²) >= 11 is 0. The third-order valence-electron chi connectivity index (χ3n) is 3.14. The molecule has 5 nitrogen and oxygen atoms in total. The Kier molecular flexibility index (Phi) is 5.95. The number of nitrogens with zero attached hydrogens (tertiary/aromatic N) is 1. The molecule has 18 heavy (non-hydrogen) atoms. The van der Waals surface area contributed by atoms with Crippen molar-refractivity contribution < 1.29 is 14.7 Å². The molecule has 1 saturated carbocycles. The topological polar surface area (TPSA) is 69.6 Å². The summed E-state index contributed by atoms with van der Waals surface area (Å²) in [6.07, 6.45) is 4.51. The second-order valence-electron chi connectivity index (χ2n) is 5.01. The maximum Gasteiger partial charge on any atom is 0.326 e. The quantitative estimate of drug-likeness (QED) is 0.698. The van der Waals surface area contributed by atoms with Crippen molar-refractivity contribution in [3.8, 4) is 0 Å². The van der Waals surface area contributed by atoms with Crippen molar-refractivity contribution >= 4 is 12.0 Å². The van der Waals surface area contributed by atoms with Crippen molar-refractivity contribution in [2.45, 2.75) is 52.0 Å². The van der Waals surface area contributed by atoms with Crippen molar-refractivity contribution in [3.63, 3.8) is 0 Å². The fourth-order valence-electron chi connectivity index (χ4n) is 2.00. The largest absolute Gasteiger partial charge is 0.480 e. The van der Waals surface area contributed by atoms with E-state index >= 15 is 0 Å². The first-order valence-corrected chi connectivity index (χ1v) is 6.86. The molecule has 0 aliphatic heterocycles. The zero-order chi connectivity index (χ0) is 13.5. The van der Waals surface area contributed by atoms with Gasteiger partial charge in [0.25, 0.3) is 0 Å². The van der Waals surface area contributed by atoms with Crippen LogP contribution in [0.5, 0.6) is 0 Å². The highest BCUT2D eigenvalue weighted by Gasteiger charge is 2.30. The second kappa shape index (κ2) is 7.24. The van der Waals surface area contributed by atoms with E-state index in [9.17, 15) is 9.59 Å². The Hall–Kier alpha value is -1.26. The van der Waals surface area contributed by atoms with E-state index in [0.717, 1.165) is 25.7 Å². The summed E-state index contributed by atoms with van der Waals surface area (Å²) in [5.74, 6) is -0.444. The van der Waals surface area contributed by atoms with Crippen LogP contribution in [0.4, 0.5) is 4.79 Å². The minimum Gasteiger partial charge on any atom is -0.480 e. The van der Waals surface area contributed by atoms with E-state index in [0.29, 0.717) is 25.4 Å². The Morgan fingerprint density at radius 2 is 1.83 bits per heavy atom. The number of carbonyl (C=O) groups is 2. The highest BCUT2D eigenvalue weighted by atomic mass is 16.4. The van der Waals surface area contributed by atoms with Crippen LogP contribution in [-0.4, -0.2) is 41.1 Å². The summed E-state index contributed by atoms with van der Waals surface area (Å²) in [6.45, 7) is 5.37. The summed E-state index contributed by atoms with van der Waals surface area (Å²) in [7, 11) is 0. The fourth-order valence-corrected chi connectivity index (χ4v) is 2.00. The molecule has 2 amide bonds. The molecule has 0 aromatic carbocycles. The van der Waals surface area contributed by atoms with Gasteiger partial charge in [0.2, 0.25) is 0 Å². The van der Waals surface area contributed by atoms with Gasteiger partial charge in [0.1, 0.15) is 6.04 Å². The lowest BCUT2D eigenvalue weighted by atomic mass is 10.1. The van der Waals surface area contributed by atoms with E-state index in [4.69, 9.17) is 5.11 Å². The number of hydrogen-bond acceptors (Lipinski definition) is 2. The Bertz CT molecular complexity index is 284. The van der Waals surface area contributed by atoms with Gasteiger partial charge in [-0.3, -0.25) is 0 Å². The summed E-state index contributed by atoms with van der Waals surface area (Å²) in [5.41, 5.74) is 0. The minimum absolute atomic E-state index is 0.244. The Labute approximate surface area is 109 Å². The zero-order valence-corrected chi connectivity index (χ0v) is 11.3. The molecule has 0 radical (unpaired) electrons. The average molecular weight is 256 g/mol. The van der Waals surface area contributed by atoms with Gasteiger partial charge in [0.15, 0.2) is 0 Å². The van der Waals surface area contributed by atoms with Crippen molar-refractivity contribution in [3.05, 3.63) is 0 Å². The average Bonchev–Trinajstić information content (AvgIpc) is 3.11. The number of rotatable bonds is 8. The SMILES string of the molecule is CCCN(CCC)C(=O)NC(CC1CC1)C(=O)O. The van der Waals surface area contributed by atoms with E-state index in [1.807, 2.05) is 13.8 Å². The molecule has 1 atom stereocenters. The molecule has 0 aromatic heterocycles. The molecule has 1 rings (SSSR count). The van der Waals surface area contributed by atoms with Gasteiger partial charge < -0.3 is 15.3 Å². The monoisotopic (exact) mass is 256 g/mol. The van der Waals surface area contributed by atoms with Crippen LogP contribution in [0.1, 0.15) is 46.0 Å². The molecule has 1 unspecified atom stereocenters. The van der Waals surface area contributed by atoms with Crippen LogP contribution in [-0.2, 0) is 4.79 Å². The van der Waals surface area contributed by atoms with Crippen LogP contribution in [0.2, 0.25) is 0 Å². The number of nitrogens with one attached hydrogen (secondary N) is 1. The van der Waals surface area contributed by atoms with E-state index in [2.05, 4.69) is 5.32 Å². The Morgan fingerprint density at radius 1 is 1.28 bits per heavy atom. The molecule has 0 saturated heterocycles. The van der Waals surface area contributed by atoms with Gasteiger partial charge >= 0.3 is 12.0 Å². The molecule has 0 heterocycles. The van der Waals surface area contributed by atoms with E-state index < -0.39 is 12.0 Å². The normalized spacial score (nSPS) is 16.1. The molecular formula is C13H24N2O3. The van der Waals surface area contributed by atoms with Crippen molar-refractivity contribution in [2.75, 3.05) is 13.1 Å². The predicted octanol–water partition coefficient (Wildman–Crippen LogP) is 2.07. The van der Waals surface area contributed by atoms with Gasteiger partial charge in [-0.1, -0.05) is 26.7 Å². The molecular weight excluding hydrogens is 232 g/mol. The highest BCUT2D eigenvalue weighted by molar-refractivity contribution is 5.82. The number of carboxylic acids is 1.